The number of aryl methyl sites for hydroxylation is 1. The number of methoxy groups -OCH3 is 1. The zero-order valence-corrected chi connectivity index (χ0v) is 10.8. The Morgan fingerprint density at radius 3 is 2.83 bits per heavy atom. The molecule has 0 aromatic heterocycles. The van der Waals surface area contributed by atoms with Gasteiger partial charge in [-0.3, -0.25) is 0 Å². The summed E-state index contributed by atoms with van der Waals surface area (Å²) in [7, 11) is 1.67. The van der Waals surface area contributed by atoms with Gasteiger partial charge in [0, 0.05) is 18.7 Å². The zero-order chi connectivity index (χ0) is 13.0. The van der Waals surface area contributed by atoms with E-state index in [-0.39, 0.29) is 5.41 Å². The van der Waals surface area contributed by atoms with Crippen molar-refractivity contribution in [1.82, 2.24) is 5.32 Å². The van der Waals surface area contributed by atoms with Crippen molar-refractivity contribution in [3.63, 3.8) is 0 Å². The van der Waals surface area contributed by atoms with Crippen LogP contribution in [0.15, 0.2) is 18.2 Å². The van der Waals surface area contributed by atoms with E-state index in [1.54, 1.807) is 7.11 Å². The van der Waals surface area contributed by atoms with Crippen molar-refractivity contribution >= 4 is 0 Å². The van der Waals surface area contributed by atoms with Crippen LogP contribution in [0.1, 0.15) is 11.1 Å². The lowest BCUT2D eigenvalue weighted by Gasteiger charge is -2.35. The van der Waals surface area contributed by atoms with Gasteiger partial charge in [-0.25, -0.2) is 0 Å². The number of nitrogens with one attached hydrogen (secondary N) is 1. The molecule has 0 amide bonds. The van der Waals surface area contributed by atoms with Gasteiger partial charge in [-0.1, -0.05) is 17.7 Å². The fraction of sp³-hybridized carbons (Fsp3) is 0.500. The lowest BCUT2D eigenvalue weighted by molar-refractivity contribution is -0.0755. The van der Waals surface area contributed by atoms with Crippen molar-refractivity contribution in [2.24, 2.45) is 5.41 Å². The fourth-order valence-electron chi connectivity index (χ4n) is 2.04. The van der Waals surface area contributed by atoms with Crippen LogP contribution in [0.4, 0.5) is 0 Å². The summed E-state index contributed by atoms with van der Waals surface area (Å²) in [6, 6.07) is 8.42. The second-order valence-corrected chi connectivity index (χ2v) is 4.80. The molecule has 1 aromatic carbocycles. The molecule has 4 nitrogen and oxygen atoms in total. The van der Waals surface area contributed by atoms with Crippen LogP contribution in [0.5, 0.6) is 5.75 Å². The first-order valence-electron chi connectivity index (χ1n) is 6.02. The molecule has 1 heterocycles. The normalized spacial score (nSPS) is 16.7. The van der Waals surface area contributed by atoms with Gasteiger partial charge in [0.25, 0.3) is 0 Å². The third-order valence-corrected chi connectivity index (χ3v) is 3.21. The topological polar surface area (TPSA) is 54.3 Å². The molecule has 96 valence electrons. The van der Waals surface area contributed by atoms with Crippen molar-refractivity contribution in [1.29, 1.82) is 5.26 Å². The van der Waals surface area contributed by atoms with E-state index in [0.29, 0.717) is 26.3 Å². The van der Waals surface area contributed by atoms with Crippen molar-refractivity contribution in [2.75, 3.05) is 26.9 Å². The second-order valence-electron chi connectivity index (χ2n) is 4.80. The molecule has 1 aliphatic heterocycles. The third kappa shape index (κ3) is 2.63. The largest absolute Gasteiger partial charge is 0.496 e. The lowest BCUT2D eigenvalue weighted by Crippen LogP contribution is -2.48. The molecule has 18 heavy (non-hydrogen) atoms. The summed E-state index contributed by atoms with van der Waals surface area (Å²) in [4.78, 5) is 0. The fourth-order valence-corrected chi connectivity index (χ4v) is 2.04. The van der Waals surface area contributed by atoms with Crippen LogP contribution in [0.25, 0.3) is 0 Å². The number of hydrogen-bond acceptors (Lipinski definition) is 4. The summed E-state index contributed by atoms with van der Waals surface area (Å²) in [5, 5.41) is 12.4. The molecule has 1 aliphatic rings. The van der Waals surface area contributed by atoms with Crippen LogP contribution in [0, 0.1) is 23.7 Å². The summed E-state index contributed by atoms with van der Waals surface area (Å²) < 4.78 is 10.4. The smallest absolute Gasteiger partial charge is 0.123 e. The standard InChI is InChI=1S/C14H18N2O2/c1-11-3-4-13(17-2)12(5-11)6-16-8-14(7-15)9-18-10-14/h3-5,16H,6,8-10H2,1-2H3. The molecule has 0 unspecified atom stereocenters. The van der Waals surface area contributed by atoms with Gasteiger partial charge in [0.05, 0.1) is 26.4 Å². The van der Waals surface area contributed by atoms with Crippen molar-refractivity contribution < 1.29 is 9.47 Å². The quantitative estimate of drug-likeness (QED) is 0.858. The number of nitrogens with zero attached hydrogens (tertiary/aromatic N) is 1. The molecule has 0 spiro atoms. The van der Waals surface area contributed by atoms with Gasteiger partial charge in [0.2, 0.25) is 0 Å². The molecule has 0 bridgehead atoms. The van der Waals surface area contributed by atoms with Crippen LogP contribution in [0.3, 0.4) is 0 Å². The molecule has 4 heteroatoms. The minimum absolute atomic E-state index is 0.336. The third-order valence-electron chi connectivity index (χ3n) is 3.21. The molecule has 0 atom stereocenters. The van der Waals surface area contributed by atoms with E-state index in [2.05, 4.69) is 24.4 Å². The first-order chi connectivity index (χ1) is 8.69. The van der Waals surface area contributed by atoms with E-state index in [9.17, 15) is 0 Å². The summed E-state index contributed by atoms with van der Waals surface area (Å²) >= 11 is 0. The highest BCUT2D eigenvalue weighted by atomic mass is 16.5. The number of rotatable bonds is 5. The van der Waals surface area contributed by atoms with Gasteiger partial charge >= 0.3 is 0 Å². The van der Waals surface area contributed by atoms with Gasteiger partial charge in [-0.05, 0) is 13.0 Å². The maximum Gasteiger partial charge on any atom is 0.123 e. The van der Waals surface area contributed by atoms with Crippen molar-refractivity contribution in [3.05, 3.63) is 29.3 Å². The van der Waals surface area contributed by atoms with E-state index in [1.165, 1.54) is 5.56 Å². The van der Waals surface area contributed by atoms with Crippen LogP contribution in [0.2, 0.25) is 0 Å². The first-order valence-corrected chi connectivity index (χ1v) is 6.02. The Labute approximate surface area is 108 Å². The highest BCUT2D eigenvalue weighted by Crippen LogP contribution is 2.26. The van der Waals surface area contributed by atoms with Crippen LogP contribution in [-0.4, -0.2) is 26.9 Å². The first kappa shape index (κ1) is 12.9. The molecular weight excluding hydrogens is 228 g/mol. The Morgan fingerprint density at radius 2 is 2.28 bits per heavy atom. The Hall–Kier alpha value is -1.57. The van der Waals surface area contributed by atoms with E-state index >= 15 is 0 Å². The molecule has 0 aliphatic carbocycles. The number of ether oxygens (including phenoxy) is 2. The molecule has 0 saturated carbocycles. The molecule has 1 fully saturated rings. The van der Waals surface area contributed by atoms with E-state index in [0.717, 1.165) is 11.3 Å². The highest BCUT2D eigenvalue weighted by molar-refractivity contribution is 5.36. The van der Waals surface area contributed by atoms with Crippen LogP contribution in [-0.2, 0) is 11.3 Å². The van der Waals surface area contributed by atoms with Gasteiger partial charge in [0.1, 0.15) is 11.2 Å². The van der Waals surface area contributed by atoms with E-state index in [4.69, 9.17) is 14.7 Å². The van der Waals surface area contributed by atoms with Crippen molar-refractivity contribution in [2.45, 2.75) is 13.5 Å². The predicted octanol–water partition coefficient (Wildman–Crippen LogP) is 1.63. The van der Waals surface area contributed by atoms with Gasteiger partial charge in [-0.15, -0.1) is 0 Å². The summed E-state index contributed by atoms with van der Waals surface area (Å²) in [6.07, 6.45) is 0. The minimum atomic E-state index is -0.336. The lowest BCUT2D eigenvalue weighted by atomic mass is 9.88. The summed E-state index contributed by atoms with van der Waals surface area (Å²) in [5.74, 6) is 0.879. The minimum Gasteiger partial charge on any atom is -0.496 e. The van der Waals surface area contributed by atoms with E-state index < -0.39 is 0 Å². The monoisotopic (exact) mass is 246 g/mol. The Kier molecular flexibility index (Phi) is 3.85. The SMILES string of the molecule is COc1ccc(C)cc1CNCC1(C#N)COC1. The molecule has 2 rings (SSSR count). The predicted molar refractivity (Wildman–Crippen MR) is 68.3 cm³/mol. The molecule has 0 radical (unpaired) electrons. The number of benzene rings is 1. The Balaban J connectivity index is 1.94. The Morgan fingerprint density at radius 1 is 1.50 bits per heavy atom. The maximum atomic E-state index is 9.08. The van der Waals surface area contributed by atoms with Gasteiger partial charge in [0.15, 0.2) is 0 Å². The average molecular weight is 246 g/mol. The van der Waals surface area contributed by atoms with E-state index in [1.807, 2.05) is 12.1 Å². The number of nitriles is 1. The second kappa shape index (κ2) is 5.38. The van der Waals surface area contributed by atoms with Gasteiger partial charge in [-0.2, -0.15) is 5.26 Å². The average Bonchev–Trinajstić information content (AvgIpc) is 2.33. The highest BCUT2D eigenvalue weighted by Gasteiger charge is 2.38. The molecule has 1 saturated heterocycles. The maximum absolute atomic E-state index is 9.08. The molecule has 1 N–H and O–H groups in total. The molecule has 1 aromatic rings. The summed E-state index contributed by atoms with van der Waals surface area (Å²) in [5.41, 5.74) is 1.98. The number of hydrogen-bond donors (Lipinski definition) is 1. The van der Waals surface area contributed by atoms with Crippen molar-refractivity contribution in [3.8, 4) is 11.8 Å². The van der Waals surface area contributed by atoms with Crippen LogP contribution < -0.4 is 10.1 Å². The van der Waals surface area contributed by atoms with Crippen LogP contribution >= 0.6 is 0 Å². The Bertz CT molecular complexity index is 461. The van der Waals surface area contributed by atoms with Gasteiger partial charge < -0.3 is 14.8 Å². The summed E-state index contributed by atoms with van der Waals surface area (Å²) in [6.45, 7) is 4.47. The zero-order valence-electron chi connectivity index (χ0n) is 10.8. The molecular formula is C14H18N2O2.